The van der Waals surface area contributed by atoms with Crippen LogP contribution in [-0.2, 0) is 13.5 Å². The lowest BCUT2D eigenvalue weighted by molar-refractivity contribution is 0.0954. The van der Waals surface area contributed by atoms with Crippen molar-refractivity contribution in [3.63, 3.8) is 0 Å². The molecule has 0 aliphatic heterocycles. The summed E-state index contributed by atoms with van der Waals surface area (Å²) in [6, 6.07) is 9.00. The van der Waals surface area contributed by atoms with Crippen LogP contribution in [0.4, 0.5) is 0 Å². The molecule has 23 heavy (non-hydrogen) atoms. The van der Waals surface area contributed by atoms with Crippen molar-refractivity contribution < 1.29 is 9.21 Å². The number of nitrogens with zero attached hydrogens (tertiary/aromatic N) is 2. The summed E-state index contributed by atoms with van der Waals surface area (Å²) in [6.07, 6.45) is 3.82. The number of hydrogen-bond donors (Lipinski definition) is 1. The van der Waals surface area contributed by atoms with E-state index in [2.05, 4.69) is 10.3 Å². The van der Waals surface area contributed by atoms with Crippen molar-refractivity contribution in [1.82, 2.24) is 14.9 Å². The van der Waals surface area contributed by atoms with Crippen molar-refractivity contribution in [1.29, 1.82) is 0 Å². The van der Waals surface area contributed by atoms with Gasteiger partial charge in [0.25, 0.3) is 5.91 Å². The first-order chi connectivity index (χ1) is 10.6. The Morgan fingerprint density at radius 3 is 2.91 bits per heavy atom. The predicted octanol–water partition coefficient (Wildman–Crippen LogP) is 1.92. The zero-order valence-corrected chi connectivity index (χ0v) is 13.3. The van der Waals surface area contributed by atoms with Crippen molar-refractivity contribution in [2.45, 2.75) is 6.42 Å². The van der Waals surface area contributed by atoms with Crippen LogP contribution in [0.3, 0.4) is 0 Å². The fourth-order valence-electron chi connectivity index (χ4n) is 2.25. The molecule has 1 aromatic carbocycles. The molecule has 0 bridgehead atoms. The Balaban J connectivity index is 0.00000192. The Bertz CT molecular complexity index is 871. The number of aromatic nitrogens is 2. The lowest BCUT2D eigenvalue weighted by atomic mass is 10.1. The highest BCUT2D eigenvalue weighted by molar-refractivity contribution is 5.93. The molecule has 0 fully saturated rings. The van der Waals surface area contributed by atoms with E-state index in [-0.39, 0.29) is 24.1 Å². The van der Waals surface area contributed by atoms with E-state index in [1.165, 1.54) is 10.8 Å². The van der Waals surface area contributed by atoms with Crippen molar-refractivity contribution in [2.24, 2.45) is 7.05 Å². The van der Waals surface area contributed by atoms with Gasteiger partial charge in [-0.05, 0) is 36.2 Å². The zero-order valence-electron chi connectivity index (χ0n) is 12.5. The van der Waals surface area contributed by atoms with Crippen LogP contribution in [0.5, 0.6) is 0 Å². The number of oxazole rings is 1. The van der Waals surface area contributed by atoms with Gasteiger partial charge in [0.15, 0.2) is 5.58 Å². The highest BCUT2D eigenvalue weighted by Gasteiger charge is 2.07. The number of carbonyl (C=O) groups excluding carboxylic acids is 1. The fraction of sp³-hybridized carbons (Fsp3) is 0.188. The third kappa shape index (κ3) is 3.60. The summed E-state index contributed by atoms with van der Waals surface area (Å²) in [7, 11) is 1.67. The molecule has 1 N–H and O–H groups in total. The maximum atomic E-state index is 11.9. The van der Waals surface area contributed by atoms with Crippen LogP contribution in [0.2, 0.25) is 0 Å². The summed E-state index contributed by atoms with van der Waals surface area (Å²) in [5.41, 5.74) is 2.88. The third-order valence-corrected chi connectivity index (χ3v) is 3.48. The molecule has 1 amide bonds. The van der Waals surface area contributed by atoms with Crippen molar-refractivity contribution >= 4 is 29.4 Å². The molecule has 0 spiro atoms. The predicted molar refractivity (Wildman–Crippen MR) is 89.0 cm³/mol. The summed E-state index contributed by atoms with van der Waals surface area (Å²) >= 11 is 0. The van der Waals surface area contributed by atoms with E-state index in [1.54, 1.807) is 31.4 Å². The Labute approximate surface area is 138 Å². The second kappa shape index (κ2) is 7.11. The third-order valence-electron chi connectivity index (χ3n) is 3.48. The molecule has 6 nitrogen and oxygen atoms in total. The average Bonchev–Trinajstić information content (AvgIpc) is 2.83. The molecule has 0 aliphatic carbocycles. The van der Waals surface area contributed by atoms with Gasteiger partial charge < -0.3 is 9.73 Å². The van der Waals surface area contributed by atoms with E-state index in [0.717, 1.165) is 11.1 Å². The number of benzene rings is 1. The molecule has 7 heteroatoms. The second-order valence-corrected chi connectivity index (χ2v) is 4.98. The van der Waals surface area contributed by atoms with Gasteiger partial charge in [0.05, 0.1) is 11.1 Å². The molecule has 3 aromatic rings. The first-order valence-electron chi connectivity index (χ1n) is 6.92. The molecule has 0 radical (unpaired) electrons. The van der Waals surface area contributed by atoms with Gasteiger partial charge in [-0.15, -0.1) is 12.4 Å². The average molecular weight is 334 g/mol. The van der Waals surface area contributed by atoms with Crippen molar-refractivity contribution in [3.8, 4) is 0 Å². The summed E-state index contributed by atoms with van der Waals surface area (Å²) in [5.74, 6) is -0.526. The van der Waals surface area contributed by atoms with Gasteiger partial charge in [0.2, 0.25) is 0 Å². The lowest BCUT2D eigenvalue weighted by Crippen LogP contribution is -2.25. The molecule has 0 saturated heterocycles. The number of pyridine rings is 1. The Kier molecular flexibility index (Phi) is 5.18. The molecule has 3 rings (SSSR count). The number of carbonyl (C=O) groups is 1. The van der Waals surface area contributed by atoms with Crippen LogP contribution in [0, 0.1) is 0 Å². The van der Waals surface area contributed by atoms with E-state index in [4.69, 9.17) is 4.42 Å². The van der Waals surface area contributed by atoms with Gasteiger partial charge in [0, 0.05) is 26.0 Å². The number of aryl methyl sites for hydroxylation is 1. The van der Waals surface area contributed by atoms with Crippen molar-refractivity contribution in [2.75, 3.05) is 6.54 Å². The van der Waals surface area contributed by atoms with E-state index < -0.39 is 0 Å². The quantitative estimate of drug-likeness (QED) is 0.791. The Hall–Kier alpha value is -2.60. The summed E-state index contributed by atoms with van der Waals surface area (Å²) in [4.78, 5) is 27.3. The highest BCUT2D eigenvalue weighted by Crippen LogP contribution is 2.14. The smallest absolute Gasteiger partial charge is 0.408 e. The second-order valence-electron chi connectivity index (χ2n) is 4.98. The maximum absolute atomic E-state index is 11.9. The van der Waals surface area contributed by atoms with E-state index >= 15 is 0 Å². The Morgan fingerprint density at radius 2 is 2.17 bits per heavy atom. The zero-order chi connectivity index (χ0) is 15.5. The van der Waals surface area contributed by atoms with Crippen LogP contribution in [0.25, 0.3) is 11.1 Å². The monoisotopic (exact) mass is 333 g/mol. The minimum absolute atomic E-state index is 0. The van der Waals surface area contributed by atoms with Crippen molar-refractivity contribution in [3.05, 3.63) is 64.4 Å². The standard InChI is InChI=1S/C16H15N3O3.ClH/c1-19-13-9-11(4-5-14(13)22-16(19)21)6-8-18-15(20)12-3-2-7-17-10-12;/h2-5,7,9-10H,6,8H2,1H3,(H,18,20);1H. The molecule has 0 atom stereocenters. The van der Waals surface area contributed by atoms with E-state index in [0.29, 0.717) is 24.1 Å². The topological polar surface area (TPSA) is 77.1 Å². The van der Waals surface area contributed by atoms with Gasteiger partial charge >= 0.3 is 5.76 Å². The van der Waals surface area contributed by atoms with Crippen LogP contribution in [-0.4, -0.2) is 22.0 Å². The number of fused-ring (bicyclic) bond motifs is 1. The van der Waals surface area contributed by atoms with Crippen LogP contribution in [0.15, 0.2) is 51.9 Å². The van der Waals surface area contributed by atoms with Crippen LogP contribution < -0.4 is 11.1 Å². The largest absolute Gasteiger partial charge is 0.419 e. The summed E-state index contributed by atoms with van der Waals surface area (Å²) < 4.78 is 6.55. The van der Waals surface area contributed by atoms with Crippen LogP contribution >= 0.6 is 12.4 Å². The molecule has 0 unspecified atom stereocenters. The Morgan fingerprint density at radius 1 is 1.35 bits per heavy atom. The molecule has 2 aromatic heterocycles. The number of amides is 1. The molecular formula is C16H16ClN3O3. The van der Waals surface area contributed by atoms with Gasteiger partial charge in [-0.25, -0.2) is 4.79 Å². The maximum Gasteiger partial charge on any atom is 0.419 e. The fourth-order valence-corrected chi connectivity index (χ4v) is 2.25. The summed E-state index contributed by atoms with van der Waals surface area (Å²) in [6.45, 7) is 0.505. The molecular weight excluding hydrogens is 318 g/mol. The SMILES string of the molecule is Cl.Cn1c(=O)oc2ccc(CCNC(=O)c3cccnc3)cc21. The summed E-state index contributed by atoms with van der Waals surface area (Å²) in [5, 5.41) is 2.84. The minimum Gasteiger partial charge on any atom is -0.408 e. The van der Waals surface area contributed by atoms with E-state index in [1.807, 2.05) is 12.1 Å². The first-order valence-corrected chi connectivity index (χ1v) is 6.92. The number of nitrogens with one attached hydrogen (secondary N) is 1. The number of halogens is 1. The minimum atomic E-state index is -0.378. The van der Waals surface area contributed by atoms with Gasteiger partial charge in [-0.3, -0.25) is 14.3 Å². The number of hydrogen-bond acceptors (Lipinski definition) is 4. The lowest BCUT2D eigenvalue weighted by Gasteiger charge is -2.05. The van der Waals surface area contributed by atoms with Crippen LogP contribution in [0.1, 0.15) is 15.9 Å². The molecule has 0 aliphatic rings. The number of rotatable bonds is 4. The molecule has 120 valence electrons. The van der Waals surface area contributed by atoms with Gasteiger partial charge in [-0.2, -0.15) is 0 Å². The first kappa shape index (κ1) is 16.8. The normalized spacial score (nSPS) is 10.3. The van der Waals surface area contributed by atoms with Gasteiger partial charge in [0.1, 0.15) is 0 Å². The molecule has 0 saturated carbocycles. The molecule has 2 heterocycles. The highest BCUT2D eigenvalue weighted by atomic mass is 35.5. The van der Waals surface area contributed by atoms with E-state index in [9.17, 15) is 9.59 Å². The van der Waals surface area contributed by atoms with Gasteiger partial charge in [-0.1, -0.05) is 6.07 Å².